The van der Waals surface area contributed by atoms with Gasteiger partial charge in [-0.1, -0.05) is 31.0 Å². The molecular weight excluding hydrogens is 220 g/mol. The lowest BCUT2D eigenvalue weighted by Crippen LogP contribution is -2.21. The number of unbranched alkanes of at least 4 members (excludes halogenated alkanes) is 3. The largest absolute Gasteiger partial charge is 0.382 e. The normalized spacial score (nSPS) is 10.2. The summed E-state index contributed by atoms with van der Waals surface area (Å²) in [7, 11) is 0. The van der Waals surface area contributed by atoms with Crippen LogP contribution in [0.25, 0.3) is 0 Å². The van der Waals surface area contributed by atoms with Crippen LogP contribution in [0.15, 0.2) is 12.3 Å². The predicted octanol–water partition coefficient (Wildman–Crippen LogP) is 1.09. The Hall–Kier alpha value is -1.85. The molecule has 0 aromatic carbocycles. The van der Waals surface area contributed by atoms with Crippen molar-refractivity contribution in [2.24, 2.45) is 5.73 Å². The van der Waals surface area contributed by atoms with Gasteiger partial charge in [0.15, 0.2) is 0 Å². The second kappa shape index (κ2) is 6.67. The van der Waals surface area contributed by atoms with Crippen LogP contribution in [0.5, 0.6) is 0 Å². The molecule has 0 saturated carbocycles. The number of nitrogens with two attached hydrogens (primary N) is 1. The molecule has 0 radical (unpaired) electrons. The number of hydrogen-bond donors (Lipinski definition) is 2. The summed E-state index contributed by atoms with van der Waals surface area (Å²) in [6, 6.07) is 1.52. The molecular formula is C11H18N4O2. The average molecular weight is 238 g/mol. The zero-order valence-electron chi connectivity index (χ0n) is 9.98. The van der Waals surface area contributed by atoms with Gasteiger partial charge in [0.2, 0.25) is 0 Å². The van der Waals surface area contributed by atoms with Gasteiger partial charge in [-0.3, -0.25) is 5.41 Å². The van der Waals surface area contributed by atoms with Gasteiger partial charge >= 0.3 is 5.97 Å². The fourth-order valence-electron chi connectivity index (χ4n) is 1.35. The number of rotatable bonds is 7. The Labute approximate surface area is 100 Å². The van der Waals surface area contributed by atoms with Crippen LogP contribution in [0.1, 0.15) is 44.7 Å². The summed E-state index contributed by atoms with van der Waals surface area (Å²) in [5.74, 6) is -0.470. The van der Waals surface area contributed by atoms with Crippen LogP contribution < -0.4 is 10.6 Å². The van der Waals surface area contributed by atoms with Gasteiger partial charge in [0, 0.05) is 6.42 Å². The van der Waals surface area contributed by atoms with E-state index in [2.05, 4.69) is 12.0 Å². The summed E-state index contributed by atoms with van der Waals surface area (Å²) < 4.78 is 0. The lowest BCUT2D eigenvalue weighted by atomic mass is 10.2. The number of nitrogens with zero attached hydrogens (tertiary/aromatic N) is 2. The van der Waals surface area contributed by atoms with E-state index in [-0.39, 0.29) is 11.8 Å². The first kappa shape index (κ1) is 13.2. The van der Waals surface area contributed by atoms with Crippen molar-refractivity contribution in [1.29, 1.82) is 5.41 Å². The number of amidine groups is 1. The molecule has 1 aromatic rings. The quantitative estimate of drug-likeness (QED) is 0.422. The van der Waals surface area contributed by atoms with Crippen LogP contribution in [0.3, 0.4) is 0 Å². The first-order valence-electron chi connectivity index (χ1n) is 5.74. The maximum atomic E-state index is 11.4. The van der Waals surface area contributed by atoms with Crippen LogP contribution in [-0.4, -0.2) is 21.7 Å². The smallest absolute Gasteiger partial charge is 0.334 e. The Morgan fingerprint density at radius 2 is 2.29 bits per heavy atom. The highest BCUT2D eigenvalue weighted by molar-refractivity contribution is 5.92. The molecule has 0 aliphatic heterocycles. The molecule has 0 atom stereocenters. The van der Waals surface area contributed by atoms with E-state index in [1.807, 2.05) is 0 Å². The van der Waals surface area contributed by atoms with E-state index in [0.717, 1.165) is 30.5 Å². The minimum Gasteiger partial charge on any atom is -0.382 e. The van der Waals surface area contributed by atoms with Gasteiger partial charge in [0.05, 0.1) is 6.20 Å². The van der Waals surface area contributed by atoms with Crippen molar-refractivity contribution in [2.45, 2.75) is 39.0 Å². The topological polar surface area (TPSA) is 94.0 Å². The number of hydrogen-bond acceptors (Lipinski definition) is 4. The third-order valence-corrected chi connectivity index (χ3v) is 2.27. The van der Waals surface area contributed by atoms with Crippen LogP contribution in [-0.2, 0) is 4.79 Å². The highest BCUT2D eigenvalue weighted by atomic mass is 16.7. The molecule has 6 heteroatoms. The van der Waals surface area contributed by atoms with Gasteiger partial charge in [0.1, 0.15) is 11.5 Å². The first-order chi connectivity index (χ1) is 8.13. The van der Waals surface area contributed by atoms with Crippen LogP contribution in [0, 0.1) is 5.41 Å². The molecule has 0 unspecified atom stereocenters. The third-order valence-electron chi connectivity index (χ3n) is 2.27. The van der Waals surface area contributed by atoms with E-state index in [0.29, 0.717) is 12.1 Å². The van der Waals surface area contributed by atoms with Crippen LogP contribution in [0.2, 0.25) is 0 Å². The van der Waals surface area contributed by atoms with E-state index in [1.165, 1.54) is 12.3 Å². The predicted molar refractivity (Wildman–Crippen MR) is 63.6 cm³/mol. The molecule has 1 heterocycles. The lowest BCUT2D eigenvalue weighted by molar-refractivity contribution is -0.145. The van der Waals surface area contributed by atoms with Crippen molar-refractivity contribution in [3.05, 3.63) is 18.0 Å². The maximum Gasteiger partial charge on any atom is 0.334 e. The summed E-state index contributed by atoms with van der Waals surface area (Å²) in [6.07, 6.45) is 5.96. The summed E-state index contributed by atoms with van der Waals surface area (Å²) >= 11 is 0. The van der Waals surface area contributed by atoms with Gasteiger partial charge in [-0.05, 0) is 12.5 Å². The lowest BCUT2D eigenvalue weighted by Gasteiger charge is -2.02. The van der Waals surface area contributed by atoms with Crippen molar-refractivity contribution < 1.29 is 9.63 Å². The minimum atomic E-state index is -0.320. The summed E-state index contributed by atoms with van der Waals surface area (Å²) in [6.45, 7) is 2.12. The molecule has 0 bridgehead atoms. The zero-order chi connectivity index (χ0) is 12.7. The SMILES string of the molecule is CCCCCCC(=O)On1ccc(C(=N)N)n1. The molecule has 0 aliphatic rings. The van der Waals surface area contributed by atoms with Crippen molar-refractivity contribution in [2.75, 3.05) is 0 Å². The number of nitrogen functional groups attached to an aromatic ring is 1. The second-order valence-corrected chi connectivity index (χ2v) is 3.79. The molecule has 1 aromatic heterocycles. The third kappa shape index (κ3) is 4.67. The van der Waals surface area contributed by atoms with Gasteiger partial charge in [-0.15, -0.1) is 5.10 Å². The Kier molecular flexibility index (Phi) is 5.19. The van der Waals surface area contributed by atoms with E-state index >= 15 is 0 Å². The Balaban J connectivity index is 2.32. The van der Waals surface area contributed by atoms with Crippen molar-refractivity contribution in [3.8, 4) is 0 Å². The molecule has 3 N–H and O–H groups in total. The average Bonchev–Trinajstić information content (AvgIpc) is 2.73. The number of carbonyl (C=O) groups is 1. The standard InChI is InChI=1S/C11H18N4O2/c1-2-3-4-5-6-10(16)17-15-8-7-9(14-15)11(12)13/h7-8H,2-6H2,1H3,(H3,12,13). The van der Waals surface area contributed by atoms with E-state index in [9.17, 15) is 4.79 Å². The molecule has 0 saturated heterocycles. The monoisotopic (exact) mass is 238 g/mol. The van der Waals surface area contributed by atoms with E-state index in [1.54, 1.807) is 0 Å². The van der Waals surface area contributed by atoms with Crippen LogP contribution >= 0.6 is 0 Å². The highest BCUT2D eigenvalue weighted by Crippen LogP contribution is 2.02. The molecule has 0 spiro atoms. The molecule has 0 aliphatic carbocycles. The van der Waals surface area contributed by atoms with Gasteiger partial charge < -0.3 is 10.6 Å². The van der Waals surface area contributed by atoms with Crippen LogP contribution in [0.4, 0.5) is 0 Å². The van der Waals surface area contributed by atoms with E-state index < -0.39 is 0 Å². The molecule has 94 valence electrons. The molecule has 1 rings (SSSR count). The molecule has 17 heavy (non-hydrogen) atoms. The number of aromatic nitrogens is 2. The fourth-order valence-corrected chi connectivity index (χ4v) is 1.35. The van der Waals surface area contributed by atoms with Gasteiger partial charge in [-0.25, -0.2) is 4.79 Å². The zero-order valence-corrected chi connectivity index (χ0v) is 9.98. The summed E-state index contributed by atoms with van der Waals surface area (Å²) in [5, 5.41) is 11.0. The van der Waals surface area contributed by atoms with Crippen molar-refractivity contribution in [1.82, 2.24) is 9.94 Å². The van der Waals surface area contributed by atoms with Gasteiger partial charge in [0.25, 0.3) is 0 Å². The maximum absolute atomic E-state index is 11.4. The Morgan fingerprint density at radius 1 is 1.53 bits per heavy atom. The molecule has 0 fully saturated rings. The summed E-state index contributed by atoms with van der Waals surface area (Å²) in [5.41, 5.74) is 5.53. The van der Waals surface area contributed by atoms with Gasteiger partial charge in [-0.2, -0.15) is 0 Å². The molecule has 0 amide bonds. The van der Waals surface area contributed by atoms with E-state index in [4.69, 9.17) is 16.0 Å². The second-order valence-electron chi connectivity index (χ2n) is 3.79. The van der Waals surface area contributed by atoms with Crippen molar-refractivity contribution in [3.63, 3.8) is 0 Å². The Morgan fingerprint density at radius 3 is 2.88 bits per heavy atom. The highest BCUT2D eigenvalue weighted by Gasteiger charge is 2.07. The molecule has 6 nitrogen and oxygen atoms in total. The number of nitrogens with one attached hydrogen (secondary N) is 1. The Bertz CT molecular complexity index is 387. The fraction of sp³-hybridized carbons (Fsp3) is 0.545. The van der Waals surface area contributed by atoms with Crippen molar-refractivity contribution >= 4 is 11.8 Å². The number of carbonyl (C=O) groups excluding carboxylic acids is 1. The summed E-state index contributed by atoms with van der Waals surface area (Å²) in [4.78, 5) is 17.4. The first-order valence-corrected chi connectivity index (χ1v) is 5.74. The minimum absolute atomic E-state index is 0.150.